The van der Waals surface area contributed by atoms with Crippen LogP contribution in [0, 0.1) is 17.2 Å². The molecule has 42 heavy (non-hydrogen) atoms. The summed E-state index contributed by atoms with van der Waals surface area (Å²) in [5.74, 6) is -1.02. The molecule has 1 aromatic heterocycles. The van der Waals surface area contributed by atoms with Crippen LogP contribution < -0.4 is 5.32 Å². The predicted molar refractivity (Wildman–Crippen MR) is 158 cm³/mol. The summed E-state index contributed by atoms with van der Waals surface area (Å²) in [6.07, 6.45) is 3.54. The molecule has 4 heterocycles. The van der Waals surface area contributed by atoms with E-state index in [2.05, 4.69) is 36.3 Å². The van der Waals surface area contributed by atoms with Crippen molar-refractivity contribution in [3.8, 4) is 0 Å². The second kappa shape index (κ2) is 10.9. The van der Waals surface area contributed by atoms with Crippen molar-refractivity contribution in [2.75, 3.05) is 25.0 Å². The van der Waals surface area contributed by atoms with Gasteiger partial charge in [-0.05, 0) is 53.5 Å². The van der Waals surface area contributed by atoms with Gasteiger partial charge in [-0.25, -0.2) is 9.18 Å². The van der Waals surface area contributed by atoms with Gasteiger partial charge in [-0.15, -0.1) is 0 Å². The smallest absolute Gasteiger partial charge is 0.322 e. The minimum Gasteiger partial charge on any atom is -0.343 e. The maximum atomic E-state index is 14.1. The van der Waals surface area contributed by atoms with Crippen molar-refractivity contribution in [2.45, 2.75) is 65.6 Å². The molecule has 3 aliphatic heterocycles. The number of carbonyl (C=O) groups excluding carboxylic acids is 3. The lowest BCUT2D eigenvalue weighted by Crippen LogP contribution is -2.51. The van der Waals surface area contributed by atoms with Gasteiger partial charge in [0.05, 0.1) is 28.3 Å². The molecule has 0 radical (unpaired) electrons. The van der Waals surface area contributed by atoms with E-state index in [0.29, 0.717) is 57.0 Å². The zero-order chi connectivity index (χ0) is 29.8. The maximum absolute atomic E-state index is 14.1. The van der Waals surface area contributed by atoms with Crippen molar-refractivity contribution in [3.63, 3.8) is 0 Å². The molecule has 1 fully saturated rings. The highest BCUT2D eigenvalue weighted by Gasteiger charge is 2.37. The third-order valence-electron chi connectivity index (χ3n) is 8.65. The van der Waals surface area contributed by atoms with Crippen molar-refractivity contribution in [3.05, 3.63) is 58.0 Å². The summed E-state index contributed by atoms with van der Waals surface area (Å²) >= 11 is 6.57. The molecule has 6 rings (SSSR count). The number of hydrogen-bond acceptors (Lipinski definition) is 4. The first-order chi connectivity index (χ1) is 20.0. The number of urea groups is 1. The van der Waals surface area contributed by atoms with E-state index in [-0.39, 0.29) is 41.4 Å². The summed E-state index contributed by atoms with van der Waals surface area (Å²) < 4.78 is 14.1. The summed E-state index contributed by atoms with van der Waals surface area (Å²) in [7, 11) is 0. The van der Waals surface area contributed by atoms with Gasteiger partial charge in [0, 0.05) is 50.6 Å². The number of anilines is 1. The molecule has 0 saturated carbocycles. The zero-order valence-corrected chi connectivity index (χ0v) is 24.9. The molecule has 0 aliphatic carbocycles. The molecule has 4 amide bonds. The summed E-state index contributed by atoms with van der Waals surface area (Å²) in [5, 5.41) is 11.3. The second-order valence-electron chi connectivity index (χ2n) is 13.0. The lowest BCUT2D eigenvalue weighted by molar-refractivity contribution is -0.142. The number of H-pyrrole nitrogens is 1. The molecule has 3 aromatic rings. The third kappa shape index (κ3) is 5.44. The molecule has 0 spiro atoms. The molecule has 9 nitrogen and oxygen atoms in total. The maximum Gasteiger partial charge on any atom is 0.322 e. The Hall–Kier alpha value is -3.66. The summed E-state index contributed by atoms with van der Waals surface area (Å²) in [4.78, 5) is 45.7. The molecule has 1 unspecified atom stereocenters. The number of carbonyl (C=O) groups is 3. The van der Waals surface area contributed by atoms with E-state index < -0.39 is 11.7 Å². The number of benzene rings is 2. The van der Waals surface area contributed by atoms with E-state index in [1.807, 2.05) is 21.9 Å². The molecule has 2 N–H and O–H groups in total. The SMILES string of the molecule is CC(C)(C)CN1Cc2c(cc(Cl)c3[nH]ncc23)CC(CC(=O)N2CCC(N3Cc4cccc(F)c4NC3=O)CC2)C1=O. The average molecular weight is 595 g/mol. The standard InChI is InChI=1S/C31H36ClFN6O3/c1-31(2,3)17-38-16-23-19(12-24(32)28-22(23)14-34-36-28)11-20(29(38)41)13-26(40)37-9-7-21(8-10-37)39-15-18-5-4-6-25(33)27(18)35-30(39)42/h4-6,12,14,20-21H,7-11,13,15-17H2,1-3H3,(H,34,36)(H,35,42). The van der Waals surface area contributed by atoms with E-state index in [1.54, 1.807) is 17.2 Å². The van der Waals surface area contributed by atoms with E-state index in [9.17, 15) is 18.8 Å². The van der Waals surface area contributed by atoms with Gasteiger partial charge in [0.15, 0.2) is 0 Å². The van der Waals surface area contributed by atoms with Crippen LogP contribution in [-0.2, 0) is 29.1 Å². The highest BCUT2D eigenvalue weighted by atomic mass is 35.5. The van der Waals surface area contributed by atoms with E-state index in [1.165, 1.54) is 6.07 Å². The number of aromatic nitrogens is 2. The minimum atomic E-state index is -0.501. The molecule has 1 saturated heterocycles. The van der Waals surface area contributed by atoms with Crippen LogP contribution in [0.4, 0.5) is 14.9 Å². The molecule has 2 aromatic carbocycles. The number of nitrogens with one attached hydrogen (secondary N) is 2. The van der Waals surface area contributed by atoms with Crippen molar-refractivity contribution in [2.24, 2.45) is 11.3 Å². The number of amides is 4. The number of hydrogen-bond donors (Lipinski definition) is 2. The zero-order valence-electron chi connectivity index (χ0n) is 24.2. The Kier molecular flexibility index (Phi) is 7.37. The molecule has 11 heteroatoms. The number of para-hydroxylation sites is 1. The quantitative estimate of drug-likeness (QED) is 0.426. The fourth-order valence-corrected chi connectivity index (χ4v) is 6.91. The lowest BCUT2D eigenvalue weighted by Gasteiger charge is -2.41. The van der Waals surface area contributed by atoms with Crippen LogP contribution in [0.25, 0.3) is 10.9 Å². The number of piperidine rings is 1. The average Bonchev–Trinajstić information content (AvgIpc) is 3.40. The van der Waals surface area contributed by atoms with Crippen LogP contribution in [0.15, 0.2) is 30.5 Å². The van der Waals surface area contributed by atoms with Crippen LogP contribution >= 0.6 is 11.6 Å². The van der Waals surface area contributed by atoms with Gasteiger partial charge in [-0.1, -0.05) is 44.5 Å². The van der Waals surface area contributed by atoms with Crippen molar-refractivity contribution in [1.29, 1.82) is 0 Å². The summed E-state index contributed by atoms with van der Waals surface area (Å²) in [6, 6.07) is 6.34. The van der Waals surface area contributed by atoms with Gasteiger partial charge in [-0.3, -0.25) is 14.7 Å². The van der Waals surface area contributed by atoms with Crippen LogP contribution in [0.3, 0.4) is 0 Å². The van der Waals surface area contributed by atoms with Gasteiger partial charge in [-0.2, -0.15) is 5.10 Å². The van der Waals surface area contributed by atoms with Gasteiger partial charge < -0.3 is 20.0 Å². The highest BCUT2D eigenvalue weighted by molar-refractivity contribution is 6.35. The van der Waals surface area contributed by atoms with Gasteiger partial charge in [0.2, 0.25) is 11.8 Å². The molecule has 3 aliphatic rings. The molecular formula is C31H36ClFN6O3. The van der Waals surface area contributed by atoms with E-state index >= 15 is 0 Å². The Bertz CT molecular complexity index is 1560. The first-order valence-electron chi connectivity index (χ1n) is 14.5. The number of likely N-dealkylation sites (tertiary alicyclic amines) is 1. The topological polar surface area (TPSA) is 102 Å². The fraction of sp³-hybridized carbons (Fsp3) is 0.484. The molecule has 222 valence electrons. The lowest BCUT2D eigenvalue weighted by atomic mass is 9.91. The molecule has 0 bridgehead atoms. The van der Waals surface area contributed by atoms with Gasteiger partial charge >= 0.3 is 6.03 Å². The molecule has 1 atom stereocenters. The number of rotatable bonds is 4. The Morgan fingerprint density at radius 2 is 1.90 bits per heavy atom. The van der Waals surface area contributed by atoms with Crippen LogP contribution in [0.5, 0.6) is 0 Å². The monoisotopic (exact) mass is 594 g/mol. The Morgan fingerprint density at radius 3 is 2.64 bits per heavy atom. The van der Waals surface area contributed by atoms with Crippen LogP contribution in [-0.4, -0.2) is 68.4 Å². The minimum absolute atomic E-state index is 0.0204. The van der Waals surface area contributed by atoms with Gasteiger partial charge in [0.25, 0.3) is 0 Å². The van der Waals surface area contributed by atoms with Crippen molar-refractivity contribution < 1.29 is 18.8 Å². The van der Waals surface area contributed by atoms with Crippen molar-refractivity contribution >= 4 is 46.0 Å². The van der Waals surface area contributed by atoms with E-state index in [0.717, 1.165) is 27.6 Å². The normalized spacial score (nSPS) is 19.9. The van der Waals surface area contributed by atoms with E-state index in [4.69, 9.17) is 11.6 Å². The second-order valence-corrected chi connectivity index (χ2v) is 13.4. The van der Waals surface area contributed by atoms with Gasteiger partial charge in [0.1, 0.15) is 5.82 Å². The Morgan fingerprint density at radius 1 is 1.14 bits per heavy atom. The first kappa shape index (κ1) is 28.5. The predicted octanol–water partition coefficient (Wildman–Crippen LogP) is 5.33. The summed E-state index contributed by atoms with van der Waals surface area (Å²) in [6.45, 7) is 8.63. The number of nitrogens with zero attached hydrogens (tertiary/aromatic N) is 4. The number of halogens is 2. The number of fused-ring (bicyclic) bond motifs is 4. The highest BCUT2D eigenvalue weighted by Crippen LogP contribution is 2.36. The Labute approximate surface area is 249 Å². The van der Waals surface area contributed by atoms with Crippen LogP contribution in [0.1, 0.15) is 56.7 Å². The molecular weight excluding hydrogens is 559 g/mol. The van der Waals surface area contributed by atoms with Crippen LogP contribution in [0.2, 0.25) is 5.02 Å². The van der Waals surface area contributed by atoms with Crippen molar-refractivity contribution in [1.82, 2.24) is 24.9 Å². The fourth-order valence-electron chi connectivity index (χ4n) is 6.63. The largest absolute Gasteiger partial charge is 0.343 e. The number of aromatic amines is 1. The Balaban J connectivity index is 1.16. The third-order valence-corrected chi connectivity index (χ3v) is 8.94. The first-order valence-corrected chi connectivity index (χ1v) is 14.9. The summed E-state index contributed by atoms with van der Waals surface area (Å²) in [5.41, 5.74) is 3.63.